The summed E-state index contributed by atoms with van der Waals surface area (Å²) in [5.74, 6) is 6.03. The van der Waals surface area contributed by atoms with Gasteiger partial charge in [-0.15, -0.1) is 0 Å². The minimum absolute atomic E-state index is 0.00601. The van der Waals surface area contributed by atoms with Gasteiger partial charge in [-0.2, -0.15) is 0 Å². The maximum atomic E-state index is 12.8. The minimum atomic E-state index is -0.711. The highest BCUT2D eigenvalue weighted by Crippen LogP contribution is 2.38. The molecule has 1 saturated carbocycles. The molecule has 3 aromatic carbocycles. The Balaban J connectivity index is 1.89. The number of hydrogen-bond acceptors (Lipinski definition) is 3. The highest BCUT2D eigenvalue weighted by Gasteiger charge is 2.37. The molecule has 0 amide bonds. The average Bonchev–Trinajstić information content (AvgIpc) is 2.76. The van der Waals surface area contributed by atoms with E-state index in [1.807, 2.05) is 66.7 Å². The van der Waals surface area contributed by atoms with Crippen LogP contribution in [0.1, 0.15) is 36.3 Å². The monoisotopic (exact) mass is 382 g/mol. The van der Waals surface area contributed by atoms with Gasteiger partial charge in [-0.1, -0.05) is 60.4 Å². The SMILES string of the molecule is COc1ccc(C(C#Cc2ccccc2)C2C(=O)CCCC2=O)c2ccccc12. The van der Waals surface area contributed by atoms with E-state index in [0.717, 1.165) is 27.6 Å². The lowest BCUT2D eigenvalue weighted by Gasteiger charge is -2.26. The van der Waals surface area contributed by atoms with Crippen LogP contribution < -0.4 is 4.74 Å². The van der Waals surface area contributed by atoms with Crippen LogP contribution in [0.15, 0.2) is 66.7 Å². The molecular weight excluding hydrogens is 360 g/mol. The van der Waals surface area contributed by atoms with Gasteiger partial charge >= 0.3 is 0 Å². The summed E-state index contributed by atoms with van der Waals surface area (Å²) in [4.78, 5) is 25.6. The molecule has 1 aliphatic rings. The lowest BCUT2D eigenvalue weighted by atomic mass is 9.74. The fraction of sp³-hybridized carbons (Fsp3) is 0.231. The number of rotatable bonds is 3. The molecule has 144 valence electrons. The van der Waals surface area contributed by atoms with Crippen molar-refractivity contribution in [1.29, 1.82) is 0 Å². The summed E-state index contributed by atoms with van der Waals surface area (Å²) in [6.07, 6.45) is 1.51. The van der Waals surface area contributed by atoms with Crippen molar-refractivity contribution in [3.05, 3.63) is 77.9 Å². The van der Waals surface area contributed by atoms with Gasteiger partial charge < -0.3 is 4.74 Å². The van der Waals surface area contributed by atoms with Crippen molar-refractivity contribution < 1.29 is 14.3 Å². The smallest absolute Gasteiger partial charge is 0.144 e. The van der Waals surface area contributed by atoms with E-state index < -0.39 is 11.8 Å². The van der Waals surface area contributed by atoms with E-state index in [1.54, 1.807) is 7.11 Å². The second-order valence-corrected chi connectivity index (χ2v) is 7.28. The van der Waals surface area contributed by atoms with Crippen LogP contribution >= 0.6 is 0 Å². The van der Waals surface area contributed by atoms with Gasteiger partial charge in [0.1, 0.15) is 17.3 Å². The number of carbonyl (C=O) groups excluding carboxylic acids is 2. The zero-order valence-electron chi connectivity index (χ0n) is 16.4. The predicted octanol–water partition coefficient (Wildman–Crippen LogP) is 4.92. The van der Waals surface area contributed by atoms with Crippen molar-refractivity contribution in [2.24, 2.45) is 5.92 Å². The summed E-state index contributed by atoms with van der Waals surface area (Å²) >= 11 is 0. The van der Waals surface area contributed by atoms with E-state index in [4.69, 9.17) is 4.74 Å². The molecule has 0 bridgehead atoms. The Labute approximate surface area is 170 Å². The van der Waals surface area contributed by atoms with Gasteiger partial charge in [-0.3, -0.25) is 9.59 Å². The zero-order valence-corrected chi connectivity index (χ0v) is 16.4. The number of hydrogen-bond donors (Lipinski definition) is 0. The molecule has 4 rings (SSSR count). The first-order valence-corrected chi connectivity index (χ1v) is 9.86. The number of Topliss-reactive ketones (excluding diaryl/α,β-unsaturated/α-hetero) is 2. The van der Waals surface area contributed by atoms with Crippen LogP contribution in [0.5, 0.6) is 5.75 Å². The summed E-state index contributed by atoms with van der Waals surface area (Å²) in [6.45, 7) is 0. The number of ether oxygens (including phenoxy) is 1. The summed E-state index contributed by atoms with van der Waals surface area (Å²) in [5, 5.41) is 1.92. The third-order valence-corrected chi connectivity index (χ3v) is 5.49. The molecule has 1 fully saturated rings. The predicted molar refractivity (Wildman–Crippen MR) is 114 cm³/mol. The molecule has 0 aromatic heterocycles. The third-order valence-electron chi connectivity index (χ3n) is 5.49. The summed E-state index contributed by atoms with van der Waals surface area (Å²) < 4.78 is 5.51. The molecule has 3 aromatic rings. The van der Waals surface area contributed by atoms with E-state index in [1.165, 1.54) is 0 Å². The van der Waals surface area contributed by atoms with Crippen LogP contribution in [0, 0.1) is 17.8 Å². The highest BCUT2D eigenvalue weighted by atomic mass is 16.5. The van der Waals surface area contributed by atoms with E-state index >= 15 is 0 Å². The maximum absolute atomic E-state index is 12.8. The fourth-order valence-corrected chi connectivity index (χ4v) is 4.07. The molecule has 1 unspecified atom stereocenters. The third kappa shape index (κ3) is 3.79. The highest BCUT2D eigenvalue weighted by molar-refractivity contribution is 6.06. The lowest BCUT2D eigenvalue weighted by Crippen LogP contribution is -2.33. The molecule has 3 nitrogen and oxygen atoms in total. The van der Waals surface area contributed by atoms with Crippen LogP contribution in [0.3, 0.4) is 0 Å². The second kappa shape index (κ2) is 8.32. The van der Waals surface area contributed by atoms with Crippen LogP contribution in [0.25, 0.3) is 10.8 Å². The standard InChI is InChI=1S/C26H22O3/c1-29-25-17-16-20(19-10-5-6-11-21(19)25)22(15-14-18-8-3-2-4-9-18)26-23(27)12-7-13-24(26)28/h2-6,8-11,16-17,22,26H,7,12-13H2,1H3. The van der Waals surface area contributed by atoms with E-state index in [0.29, 0.717) is 19.3 Å². The summed E-state index contributed by atoms with van der Waals surface area (Å²) in [5.41, 5.74) is 1.77. The Kier molecular flexibility index (Phi) is 5.44. The Morgan fingerprint density at radius 3 is 2.21 bits per heavy atom. The largest absolute Gasteiger partial charge is 0.496 e. The molecule has 0 radical (unpaired) electrons. The molecule has 0 N–H and O–H groups in total. The van der Waals surface area contributed by atoms with Crippen LogP contribution in [0.2, 0.25) is 0 Å². The number of carbonyl (C=O) groups is 2. The van der Waals surface area contributed by atoms with Gasteiger partial charge in [0.15, 0.2) is 0 Å². The number of ketones is 2. The first-order chi connectivity index (χ1) is 14.2. The Hall–Kier alpha value is -3.38. The fourth-order valence-electron chi connectivity index (χ4n) is 4.07. The van der Waals surface area contributed by atoms with Crippen molar-refractivity contribution in [3.63, 3.8) is 0 Å². The molecule has 0 saturated heterocycles. The first kappa shape index (κ1) is 19.0. The van der Waals surface area contributed by atoms with Crippen LogP contribution in [0.4, 0.5) is 0 Å². The molecule has 0 spiro atoms. The van der Waals surface area contributed by atoms with Gasteiger partial charge in [-0.25, -0.2) is 0 Å². The van der Waals surface area contributed by atoms with Gasteiger partial charge in [0.05, 0.1) is 18.9 Å². The van der Waals surface area contributed by atoms with Gasteiger partial charge in [0.2, 0.25) is 0 Å². The number of methoxy groups -OCH3 is 1. The van der Waals surface area contributed by atoms with E-state index in [9.17, 15) is 9.59 Å². The van der Waals surface area contributed by atoms with Gasteiger partial charge in [-0.05, 0) is 35.6 Å². The number of fused-ring (bicyclic) bond motifs is 1. The molecule has 1 atom stereocenters. The van der Waals surface area contributed by atoms with Crippen LogP contribution in [-0.4, -0.2) is 18.7 Å². The van der Waals surface area contributed by atoms with Gasteiger partial charge in [0.25, 0.3) is 0 Å². The van der Waals surface area contributed by atoms with Crippen molar-refractivity contribution in [2.45, 2.75) is 25.2 Å². The van der Waals surface area contributed by atoms with Crippen molar-refractivity contribution in [2.75, 3.05) is 7.11 Å². The van der Waals surface area contributed by atoms with E-state index in [2.05, 4.69) is 11.8 Å². The second-order valence-electron chi connectivity index (χ2n) is 7.28. The summed E-state index contributed by atoms with van der Waals surface area (Å²) in [7, 11) is 1.64. The Morgan fingerprint density at radius 1 is 0.862 bits per heavy atom. The Morgan fingerprint density at radius 2 is 1.52 bits per heavy atom. The molecule has 3 heteroatoms. The molecular formula is C26H22O3. The molecule has 1 aliphatic carbocycles. The van der Waals surface area contributed by atoms with E-state index in [-0.39, 0.29) is 11.6 Å². The Bertz CT molecular complexity index is 1100. The zero-order chi connectivity index (χ0) is 20.2. The molecule has 0 aliphatic heterocycles. The minimum Gasteiger partial charge on any atom is -0.496 e. The normalized spacial score (nSPS) is 15.6. The molecule has 0 heterocycles. The average molecular weight is 382 g/mol. The van der Waals surface area contributed by atoms with Crippen molar-refractivity contribution in [3.8, 4) is 17.6 Å². The maximum Gasteiger partial charge on any atom is 0.144 e. The summed E-state index contributed by atoms with van der Waals surface area (Å²) in [6, 6.07) is 21.4. The quantitative estimate of drug-likeness (QED) is 0.477. The topological polar surface area (TPSA) is 43.4 Å². The molecule has 29 heavy (non-hydrogen) atoms. The number of benzene rings is 3. The lowest BCUT2D eigenvalue weighted by molar-refractivity contribution is -0.135. The van der Waals surface area contributed by atoms with Crippen molar-refractivity contribution >= 4 is 22.3 Å². The van der Waals surface area contributed by atoms with Crippen molar-refractivity contribution in [1.82, 2.24) is 0 Å². The van der Waals surface area contributed by atoms with Crippen LogP contribution in [-0.2, 0) is 9.59 Å². The van der Waals surface area contributed by atoms with Gasteiger partial charge in [0, 0.05) is 23.8 Å². The first-order valence-electron chi connectivity index (χ1n) is 9.86.